The molecular formula is C25H28N4O3. The summed E-state index contributed by atoms with van der Waals surface area (Å²) in [6.45, 7) is 13.5. The van der Waals surface area contributed by atoms with Crippen molar-refractivity contribution in [3.63, 3.8) is 0 Å². The van der Waals surface area contributed by atoms with Crippen LogP contribution in [0.3, 0.4) is 0 Å². The zero-order valence-corrected chi connectivity index (χ0v) is 18.5. The molecular weight excluding hydrogens is 404 g/mol. The summed E-state index contributed by atoms with van der Waals surface area (Å²) in [4.78, 5) is 23.6. The fourth-order valence-electron chi connectivity index (χ4n) is 4.26. The summed E-state index contributed by atoms with van der Waals surface area (Å²) >= 11 is 0. The quantitative estimate of drug-likeness (QED) is 0.445. The van der Waals surface area contributed by atoms with Crippen molar-refractivity contribution < 1.29 is 14.6 Å². The second kappa shape index (κ2) is 9.51. The van der Waals surface area contributed by atoms with Crippen LogP contribution in [0.1, 0.15) is 42.2 Å². The Morgan fingerprint density at radius 2 is 2.00 bits per heavy atom. The van der Waals surface area contributed by atoms with Crippen LogP contribution in [0, 0.1) is 13.5 Å². The molecule has 3 heterocycles. The number of ether oxygens (including phenoxy) is 1. The highest BCUT2D eigenvalue weighted by Gasteiger charge is 2.26. The van der Waals surface area contributed by atoms with E-state index in [1.165, 1.54) is 0 Å². The number of carbonyl (C=O) groups is 1. The number of aliphatic hydroxyl groups excluding tert-OH is 1. The first-order valence-corrected chi connectivity index (χ1v) is 11.1. The van der Waals surface area contributed by atoms with Crippen LogP contribution in [0.4, 0.5) is 5.69 Å². The molecule has 0 amide bonds. The van der Waals surface area contributed by atoms with E-state index in [0.29, 0.717) is 61.6 Å². The SMILES string of the molecule is [C-]#[N+]c1ccc(-n2c(C)c(C(=O)CN3CCC(O)CC3)c3ncc(OCCC)cc32)cc1. The van der Waals surface area contributed by atoms with Crippen molar-refractivity contribution >= 4 is 22.5 Å². The van der Waals surface area contributed by atoms with Crippen molar-refractivity contribution in [3.05, 3.63) is 59.2 Å². The van der Waals surface area contributed by atoms with Crippen LogP contribution in [0.25, 0.3) is 21.6 Å². The standard InChI is InChI=1S/C25H28N4O3/c1-4-13-32-21-14-22-25(27-15-21)24(23(31)16-28-11-9-20(30)10-12-28)17(2)29(22)19-7-5-18(26-3)6-8-19/h5-8,14-15,20,30H,4,9-13,16H2,1-2H3. The van der Waals surface area contributed by atoms with Gasteiger partial charge in [0.25, 0.3) is 0 Å². The van der Waals surface area contributed by atoms with Crippen molar-refractivity contribution in [2.45, 2.75) is 39.2 Å². The zero-order valence-electron chi connectivity index (χ0n) is 18.5. The number of rotatable bonds is 7. The minimum atomic E-state index is -0.272. The number of benzene rings is 1. The number of likely N-dealkylation sites (tertiary alicyclic amines) is 1. The second-order valence-corrected chi connectivity index (χ2v) is 8.24. The number of hydrogen-bond acceptors (Lipinski definition) is 5. The van der Waals surface area contributed by atoms with E-state index in [0.717, 1.165) is 23.3 Å². The molecule has 1 N–H and O–H groups in total. The van der Waals surface area contributed by atoms with Gasteiger partial charge in [-0.05, 0) is 38.3 Å². The lowest BCUT2D eigenvalue weighted by Gasteiger charge is -2.28. The van der Waals surface area contributed by atoms with Crippen molar-refractivity contribution in [1.82, 2.24) is 14.5 Å². The topological polar surface area (TPSA) is 72.0 Å². The Balaban J connectivity index is 1.77. The predicted molar refractivity (Wildman–Crippen MR) is 124 cm³/mol. The average Bonchev–Trinajstić information content (AvgIpc) is 3.10. The molecule has 0 aliphatic carbocycles. The number of fused-ring (bicyclic) bond motifs is 1. The summed E-state index contributed by atoms with van der Waals surface area (Å²) in [5, 5.41) is 9.76. The molecule has 2 aromatic heterocycles. The van der Waals surface area contributed by atoms with Crippen LogP contribution in [-0.2, 0) is 0 Å². The number of piperidine rings is 1. The Kier molecular flexibility index (Phi) is 6.54. The summed E-state index contributed by atoms with van der Waals surface area (Å²) in [7, 11) is 0. The summed E-state index contributed by atoms with van der Waals surface area (Å²) in [6, 6.07) is 9.26. The molecule has 1 aliphatic heterocycles. The maximum Gasteiger partial charge on any atom is 0.187 e. The van der Waals surface area contributed by atoms with Crippen molar-refractivity contribution in [1.29, 1.82) is 0 Å². The van der Waals surface area contributed by atoms with Crippen molar-refractivity contribution in [3.8, 4) is 11.4 Å². The molecule has 32 heavy (non-hydrogen) atoms. The lowest BCUT2D eigenvalue weighted by atomic mass is 10.1. The van der Waals surface area contributed by atoms with Gasteiger partial charge in [0.05, 0.1) is 48.6 Å². The zero-order chi connectivity index (χ0) is 22.7. The van der Waals surface area contributed by atoms with Gasteiger partial charge in [-0.15, -0.1) is 0 Å². The fourth-order valence-corrected chi connectivity index (χ4v) is 4.26. The Morgan fingerprint density at radius 3 is 2.66 bits per heavy atom. The van der Waals surface area contributed by atoms with Gasteiger partial charge in [0.2, 0.25) is 0 Å². The molecule has 0 radical (unpaired) electrons. The fraction of sp³-hybridized carbons (Fsp3) is 0.400. The number of ketones is 1. The third-order valence-electron chi connectivity index (χ3n) is 5.93. The maximum absolute atomic E-state index is 13.4. The van der Waals surface area contributed by atoms with E-state index in [4.69, 9.17) is 11.3 Å². The highest BCUT2D eigenvalue weighted by atomic mass is 16.5. The second-order valence-electron chi connectivity index (χ2n) is 8.24. The van der Waals surface area contributed by atoms with Gasteiger partial charge >= 0.3 is 0 Å². The van der Waals surface area contributed by atoms with Gasteiger partial charge in [-0.25, -0.2) is 9.83 Å². The highest BCUT2D eigenvalue weighted by Crippen LogP contribution is 2.31. The molecule has 0 bridgehead atoms. The lowest BCUT2D eigenvalue weighted by Crippen LogP contribution is -2.39. The number of aliphatic hydroxyl groups is 1. The van der Waals surface area contributed by atoms with Gasteiger partial charge in [0.1, 0.15) is 5.75 Å². The van der Waals surface area contributed by atoms with Crippen molar-refractivity contribution in [2.24, 2.45) is 0 Å². The van der Waals surface area contributed by atoms with Crippen LogP contribution < -0.4 is 4.74 Å². The molecule has 4 rings (SSSR count). The predicted octanol–water partition coefficient (Wildman–Crippen LogP) is 4.31. The molecule has 0 saturated carbocycles. The first-order valence-electron chi connectivity index (χ1n) is 11.1. The molecule has 166 valence electrons. The summed E-state index contributed by atoms with van der Waals surface area (Å²) in [5.41, 5.74) is 4.33. The first kappa shape index (κ1) is 22.0. The van der Waals surface area contributed by atoms with E-state index < -0.39 is 0 Å². The van der Waals surface area contributed by atoms with Gasteiger partial charge in [0.15, 0.2) is 11.5 Å². The first-order chi connectivity index (χ1) is 15.5. The molecule has 1 aromatic carbocycles. The molecule has 1 saturated heterocycles. The Morgan fingerprint density at radius 1 is 1.28 bits per heavy atom. The van der Waals surface area contributed by atoms with E-state index in [1.54, 1.807) is 18.3 Å². The lowest BCUT2D eigenvalue weighted by molar-refractivity contribution is 0.0711. The van der Waals surface area contributed by atoms with E-state index in [9.17, 15) is 9.90 Å². The summed E-state index contributed by atoms with van der Waals surface area (Å²) < 4.78 is 7.82. The molecule has 0 spiro atoms. The number of nitrogens with zero attached hydrogens (tertiary/aromatic N) is 4. The van der Waals surface area contributed by atoms with Crippen LogP contribution in [-0.4, -0.2) is 57.7 Å². The summed E-state index contributed by atoms with van der Waals surface area (Å²) in [5.74, 6) is 0.690. The van der Waals surface area contributed by atoms with Crippen LogP contribution in [0.15, 0.2) is 36.5 Å². The van der Waals surface area contributed by atoms with E-state index in [1.807, 2.05) is 36.6 Å². The molecule has 7 heteroatoms. The molecule has 7 nitrogen and oxygen atoms in total. The van der Waals surface area contributed by atoms with Gasteiger partial charge in [-0.3, -0.25) is 9.69 Å². The third-order valence-corrected chi connectivity index (χ3v) is 5.93. The molecule has 0 unspecified atom stereocenters. The third kappa shape index (κ3) is 4.38. The average molecular weight is 433 g/mol. The Labute approximate surface area is 188 Å². The molecule has 1 fully saturated rings. The van der Waals surface area contributed by atoms with E-state index in [2.05, 4.69) is 14.7 Å². The summed E-state index contributed by atoms with van der Waals surface area (Å²) in [6.07, 6.45) is 3.68. The molecule has 3 aromatic rings. The minimum absolute atomic E-state index is 0.0233. The largest absolute Gasteiger partial charge is 0.492 e. The normalized spacial score (nSPS) is 15.1. The molecule has 1 aliphatic rings. The van der Waals surface area contributed by atoms with Crippen molar-refractivity contribution in [2.75, 3.05) is 26.2 Å². The molecule has 0 atom stereocenters. The Hall–Kier alpha value is -3.21. The highest BCUT2D eigenvalue weighted by molar-refractivity contribution is 6.09. The number of hydrogen-bond donors (Lipinski definition) is 1. The monoisotopic (exact) mass is 432 g/mol. The number of Topliss-reactive ketones (excluding diaryl/α,β-unsaturated/α-hetero) is 1. The number of aromatic nitrogens is 2. The minimum Gasteiger partial charge on any atom is -0.492 e. The van der Waals surface area contributed by atoms with Gasteiger partial charge in [0, 0.05) is 30.5 Å². The Bertz CT molecular complexity index is 1150. The van der Waals surface area contributed by atoms with Crippen LogP contribution in [0.5, 0.6) is 5.75 Å². The maximum atomic E-state index is 13.4. The number of pyridine rings is 1. The van der Waals surface area contributed by atoms with E-state index in [-0.39, 0.29) is 11.9 Å². The van der Waals surface area contributed by atoms with Crippen LogP contribution >= 0.6 is 0 Å². The van der Waals surface area contributed by atoms with E-state index >= 15 is 0 Å². The van der Waals surface area contributed by atoms with Gasteiger partial charge < -0.3 is 14.4 Å². The van der Waals surface area contributed by atoms with Gasteiger partial charge in [-0.2, -0.15) is 0 Å². The number of carbonyl (C=O) groups excluding carboxylic acids is 1. The van der Waals surface area contributed by atoms with Crippen LogP contribution in [0.2, 0.25) is 0 Å². The van der Waals surface area contributed by atoms with Gasteiger partial charge in [-0.1, -0.05) is 19.1 Å². The smallest absolute Gasteiger partial charge is 0.187 e.